The standard InChI is InChI=1S/2C8H14O4.Be/c2*1-2-12-8(11)6-4-3-5-7(9)10;/h2*2-6H2,1H3,(H,9,10);/q;;+2/p-2. The second-order valence-corrected chi connectivity index (χ2v) is 4.77. The van der Waals surface area contributed by atoms with Crippen LogP contribution in [0.4, 0.5) is 0 Å². The molecule has 0 amide bonds. The third-order valence-corrected chi connectivity index (χ3v) is 2.63. The normalized spacial score (nSPS) is 9.04. The van der Waals surface area contributed by atoms with Gasteiger partial charge in [0.2, 0.25) is 0 Å². The van der Waals surface area contributed by atoms with Crippen molar-refractivity contribution in [1.29, 1.82) is 0 Å². The number of rotatable bonds is 12. The molecule has 0 spiro atoms. The summed E-state index contributed by atoms with van der Waals surface area (Å²) in [7, 11) is 0. The molecule has 0 aliphatic rings. The molecule has 9 heteroatoms. The molecule has 0 fully saturated rings. The summed E-state index contributed by atoms with van der Waals surface area (Å²) in [5.74, 6) is -2.68. The van der Waals surface area contributed by atoms with Crippen molar-refractivity contribution < 1.29 is 38.9 Å². The largest absolute Gasteiger partial charge is 2.00 e. The first-order chi connectivity index (χ1) is 11.3. The minimum Gasteiger partial charge on any atom is -0.550 e. The fourth-order valence-corrected chi connectivity index (χ4v) is 1.54. The maximum atomic E-state index is 10.7. The van der Waals surface area contributed by atoms with Gasteiger partial charge in [-0.3, -0.25) is 9.59 Å². The van der Waals surface area contributed by atoms with Crippen LogP contribution in [0.5, 0.6) is 0 Å². The molecule has 0 saturated carbocycles. The fourth-order valence-electron chi connectivity index (χ4n) is 1.54. The smallest absolute Gasteiger partial charge is 0.550 e. The molecule has 140 valence electrons. The van der Waals surface area contributed by atoms with E-state index < -0.39 is 11.9 Å². The minimum atomic E-state index is -1.07. The molecule has 0 unspecified atom stereocenters. The minimum absolute atomic E-state index is 0. The molecule has 0 aliphatic heterocycles. The Morgan fingerprint density at radius 1 is 0.640 bits per heavy atom. The van der Waals surface area contributed by atoms with E-state index in [0.717, 1.165) is 0 Å². The Balaban J connectivity index is -0.000000372. The van der Waals surface area contributed by atoms with E-state index in [0.29, 0.717) is 51.7 Å². The first kappa shape index (κ1) is 27.9. The molecule has 0 bridgehead atoms. The van der Waals surface area contributed by atoms with E-state index >= 15 is 0 Å². The van der Waals surface area contributed by atoms with E-state index in [1.54, 1.807) is 13.8 Å². The average molecular weight is 355 g/mol. The van der Waals surface area contributed by atoms with Crippen molar-refractivity contribution >= 4 is 34.0 Å². The van der Waals surface area contributed by atoms with Crippen LogP contribution in [0, 0.1) is 0 Å². The Hall–Kier alpha value is -1.95. The molecular formula is C16H26BeO8. The van der Waals surface area contributed by atoms with Gasteiger partial charge in [0.05, 0.1) is 13.2 Å². The van der Waals surface area contributed by atoms with Crippen LogP contribution in [-0.4, -0.2) is 47.2 Å². The van der Waals surface area contributed by atoms with E-state index in [2.05, 4.69) is 9.47 Å². The van der Waals surface area contributed by atoms with Gasteiger partial charge in [-0.1, -0.05) is 0 Å². The van der Waals surface area contributed by atoms with Crippen LogP contribution in [0.25, 0.3) is 0 Å². The number of esters is 2. The van der Waals surface area contributed by atoms with E-state index in [1.807, 2.05) is 0 Å². The summed E-state index contributed by atoms with van der Waals surface area (Å²) in [5.41, 5.74) is 0. The van der Waals surface area contributed by atoms with Crippen molar-refractivity contribution in [3.63, 3.8) is 0 Å². The van der Waals surface area contributed by atoms with Gasteiger partial charge >= 0.3 is 22.1 Å². The SMILES string of the molecule is CCOC(=O)CCCCC(=O)[O-].CCOC(=O)CCCCC(=O)[O-].[Be+2]. The fraction of sp³-hybridized carbons (Fsp3) is 0.750. The molecule has 0 aromatic carbocycles. The number of carboxylic acids is 2. The molecule has 0 heterocycles. The first-order valence-electron chi connectivity index (χ1n) is 8.04. The van der Waals surface area contributed by atoms with Gasteiger partial charge in [0.25, 0.3) is 0 Å². The van der Waals surface area contributed by atoms with E-state index in [-0.39, 0.29) is 34.9 Å². The summed E-state index contributed by atoms with van der Waals surface area (Å²) < 4.78 is 9.29. The van der Waals surface area contributed by atoms with Crippen molar-refractivity contribution in [2.75, 3.05) is 13.2 Å². The van der Waals surface area contributed by atoms with Crippen LogP contribution in [0.1, 0.15) is 65.2 Å². The van der Waals surface area contributed by atoms with Gasteiger partial charge in [-0.15, -0.1) is 0 Å². The van der Waals surface area contributed by atoms with Gasteiger partial charge in [0.1, 0.15) is 0 Å². The van der Waals surface area contributed by atoms with Crippen LogP contribution < -0.4 is 10.2 Å². The van der Waals surface area contributed by atoms with Crippen LogP contribution in [0.15, 0.2) is 0 Å². The maximum absolute atomic E-state index is 10.7. The Bertz CT molecular complexity index is 348. The number of carbonyl (C=O) groups is 4. The summed E-state index contributed by atoms with van der Waals surface area (Å²) in [5, 5.41) is 19.9. The second-order valence-electron chi connectivity index (χ2n) is 4.77. The van der Waals surface area contributed by atoms with Crippen molar-refractivity contribution in [3.05, 3.63) is 0 Å². The predicted octanol–water partition coefficient (Wildman–Crippen LogP) is -0.661. The van der Waals surface area contributed by atoms with Gasteiger partial charge in [-0.05, 0) is 52.4 Å². The molecule has 25 heavy (non-hydrogen) atoms. The number of carboxylic acid groups (broad SMARTS) is 2. The molecule has 0 atom stereocenters. The molecule has 0 aromatic rings. The van der Waals surface area contributed by atoms with Crippen LogP contribution >= 0.6 is 0 Å². The van der Waals surface area contributed by atoms with Gasteiger partial charge in [-0.2, -0.15) is 0 Å². The van der Waals surface area contributed by atoms with Crippen molar-refractivity contribution in [1.82, 2.24) is 0 Å². The average Bonchev–Trinajstić information content (AvgIpc) is 2.49. The zero-order valence-corrected chi connectivity index (χ0v) is 15.0. The molecule has 0 rings (SSSR count). The summed E-state index contributed by atoms with van der Waals surface area (Å²) in [4.78, 5) is 41.3. The molecule has 0 aliphatic carbocycles. The number of hydrogen-bond acceptors (Lipinski definition) is 8. The van der Waals surface area contributed by atoms with Crippen molar-refractivity contribution in [3.8, 4) is 0 Å². The zero-order valence-electron chi connectivity index (χ0n) is 15.0. The van der Waals surface area contributed by atoms with E-state index in [1.165, 1.54) is 0 Å². The molecule has 0 aromatic heterocycles. The number of unbranched alkanes of at least 4 members (excludes halogenated alkanes) is 2. The molecule has 0 N–H and O–H groups in total. The third kappa shape index (κ3) is 27.2. The Kier molecular flexibility index (Phi) is 22.4. The third-order valence-electron chi connectivity index (χ3n) is 2.63. The number of ether oxygens (including phenoxy) is 2. The Morgan fingerprint density at radius 3 is 1.16 bits per heavy atom. The van der Waals surface area contributed by atoms with Gasteiger partial charge in [-0.25, -0.2) is 0 Å². The van der Waals surface area contributed by atoms with E-state index in [9.17, 15) is 29.4 Å². The summed E-state index contributed by atoms with van der Waals surface area (Å²) in [6.07, 6.45) is 2.66. The molecule has 0 radical (unpaired) electrons. The summed E-state index contributed by atoms with van der Waals surface area (Å²) in [6.45, 7) is 4.22. The number of hydrogen-bond donors (Lipinski definition) is 0. The van der Waals surface area contributed by atoms with Gasteiger partial charge < -0.3 is 29.3 Å². The van der Waals surface area contributed by atoms with Gasteiger partial charge in [0.15, 0.2) is 0 Å². The predicted molar refractivity (Wildman–Crippen MR) is 86.0 cm³/mol. The van der Waals surface area contributed by atoms with Crippen molar-refractivity contribution in [2.24, 2.45) is 0 Å². The zero-order chi connectivity index (χ0) is 18.8. The molecule has 0 saturated heterocycles. The molecular weight excluding hydrogens is 329 g/mol. The summed E-state index contributed by atoms with van der Waals surface area (Å²) in [6, 6.07) is 0. The quantitative estimate of drug-likeness (QED) is 0.256. The number of carbonyl (C=O) groups excluding carboxylic acids is 4. The number of aliphatic carboxylic acids is 2. The van der Waals surface area contributed by atoms with Gasteiger partial charge in [0, 0.05) is 24.8 Å². The van der Waals surface area contributed by atoms with Crippen LogP contribution in [0.3, 0.4) is 0 Å². The van der Waals surface area contributed by atoms with Crippen molar-refractivity contribution in [2.45, 2.75) is 65.2 Å². The monoisotopic (exact) mass is 355 g/mol. The maximum Gasteiger partial charge on any atom is 2.00 e. The Labute approximate surface area is 152 Å². The molecule has 8 nitrogen and oxygen atoms in total. The van der Waals surface area contributed by atoms with Crippen LogP contribution in [-0.2, 0) is 28.7 Å². The second kappa shape index (κ2) is 20.1. The Morgan fingerprint density at radius 2 is 0.920 bits per heavy atom. The van der Waals surface area contributed by atoms with Crippen LogP contribution in [0.2, 0.25) is 0 Å². The van der Waals surface area contributed by atoms with E-state index in [4.69, 9.17) is 0 Å². The first-order valence-corrected chi connectivity index (χ1v) is 8.04. The summed E-state index contributed by atoms with van der Waals surface area (Å²) >= 11 is 0. The topological polar surface area (TPSA) is 133 Å².